The zero-order valence-electron chi connectivity index (χ0n) is 20.1. The van der Waals surface area contributed by atoms with Crippen LogP contribution in [0.4, 0.5) is 15.2 Å². The summed E-state index contributed by atoms with van der Waals surface area (Å²) >= 11 is 0.787. The van der Waals surface area contributed by atoms with Gasteiger partial charge in [-0.2, -0.15) is 5.10 Å². The second kappa shape index (κ2) is 9.05. The van der Waals surface area contributed by atoms with Crippen LogP contribution in [0.3, 0.4) is 0 Å². The molecule has 1 fully saturated rings. The Labute approximate surface area is 210 Å². The summed E-state index contributed by atoms with van der Waals surface area (Å²) in [7, 11) is 0. The summed E-state index contributed by atoms with van der Waals surface area (Å²) in [5, 5.41) is 18.9. The fourth-order valence-electron chi connectivity index (χ4n) is 5.22. The SMILES string of the molecule is C[C@@H]1C[C@@H](n2ncc3c(NC(=O)c4ccc([N+](=O)[O-])s4)nc(-c4ccc(F)cc4)nc32)CC(C)(C)C1. The van der Waals surface area contributed by atoms with Gasteiger partial charge in [0.05, 0.1) is 27.4 Å². The number of halogens is 1. The first-order chi connectivity index (χ1) is 17.1. The molecule has 0 saturated heterocycles. The van der Waals surface area contributed by atoms with Crippen molar-refractivity contribution in [1.29, 1.82) is 0 Å². The van der Waals surface area contributed by atoms with Gasteiger partial charge in [-0.05, 0) is 60.9 Å². The monoisotopic (exact) mass is 508 g/mol. The Morgan fingerprint density at radius 2 is 1.94 bits per heavy atom. The third kappa shape index (κ3) is 4.70. The van der Waals surface area contributed by atoms with Crippen LogP contribution >= 0.6 is 11.3 Å². The fraction of sp³-hybridized carbons (Fsp3) is 0.360. The average Bonchev–Trinajstić information content (AvgIpc) is 3.46. The molecule has 1 saturated carbocycles. The number of aromatic nitrogens is 4. The van der Waals surface area contributed by atoms with E-state index in [0.717, 1.165) is 30.6 Å². The molecule has 0 bridgehead atoms. The molecule has 0 unspecified atom stereocenters. The van der Waals surface area contributed by atoms with Gasteiger partial charge in [0.15, 0.2) is 11.5 Å². The van der Waals surface area contributed by atoms with Gasteiger partial charge in [0, 0.05) is 11.6 Å². The van der Waals surface area contributed by atoms with Crippen molar-refractivity contribution in [3.63, 3.8) is 0 Å². The van der Waals surface area contributed by atoms with Gasteiger partial charge < -0.3 is 5.32 Å². The van der Waals surface area contributed by atoms with Crippen molar-refractivity contribution >= 4 is 39.1 Å². The van der Waals surface area contributed by atoms with Crippen molar-refractivity contribution in [3.05, 3.63) is 63.4 Å². The van der Waals surface area contributed by atoms with E-state index < -0.39 is 10.8 Å². The van der Waals surface area contributed by atoms with Crippen LogP contribution in [0, 0.1) is 27.3 Å². The number of carbonyl (C=O) groups is 1. The normalized spacial score (nSPS) is 19.3. The Hall–Kier alpha value is -3.73. The van der Waals surface area contributed by atoms with E-state index >= 15 is 0 Å². The number of amides is 1. The van der Waals surface area contributed by atoms with Crippen molar-refractivity contribution in [1.82, 2.24) is 19.7 Å². The van der Waals surface area contributed by atoms with E-state index in [1.807, 2.05) is 4.68 Å². The lowest BCUT2D eigenvalue weighted by Gasteiger charge is -2.39. The summed E-state index contributed by atoms with van der Waals surface area (Å²) in [5.74, 6) is 0.189. The van der Waals surface area contributed by atoms with Crippen LogP contribution in [0.1, 0.15) is 55.7 Å². The number of hydrogen-bond acceptors (Lipinski definition) is 7. The zero-order valence-corrected chi connectivity index (χ0v) is 20.9. The molecule has 36 heavy (non-hydrogen) atoms. The van der Waals surface area contributed by atoms with E-state index in [-0.39, 0.29) is 33.0 Å². The zero-order chi connectivity index (χ0) is 25.6. The molecule has 0 aliphatic heterocycles. The number of nitro groups is 1. The molecule has 186 valence electrons. The third-order valence-corrected chi connectivity index (χ3v) is 7.53. The first kappa shape index (κ1) is 24.0. The lowest BCUT2D eigenvalue weighted by Crippen LogP contribution is -2.30. The van der Waals surface area contributed by atoms with Crippen molar-refractivity contribution in [2.45, 2.75) is 46.1 Å². The Balaban J connectivity index is 1.59. The lowest BCUT2D eigenvalue weighted by molar-refractivity contribution is -0.380. The highest BCUT2D eigenvalue weighted by molar-refractivity contribution is 7.17. The van der Waals surface area contributed by atoms with E-state index in [9.17, 15) is 19.3 Å². The Bertz CT molecular complexity index is 1460. The molecule has 5 rings (SSSR count). The molecule has 0 spiro atoms. The summed E-state index contributed by atoms with van der Waals surface area (Å²) in [4.78, 5) is 33.0. The van der Waals surface area contributed by atoms with Gasteiger partial charge in [0.25, 0.3) is 5.91 Å². The highest BCUT2D eigenvalue weighted by atomic mass is 32.1. The molecule has 1 amide bonds. The van der Waals surface area contributed by atoms with E-state index in [1.165, 1.54) is 24.3 Å². The van der Waals surface area contributed by atoms with Crippen LogP contribution in [0.15, 0.2) is 42.6 Å². The predicted octanol–water partition coefficient (Wildman–Crippen LogP) is 6.24. The molecular weight excluding hydrogens is 483 g/mol. The van der Waals surface area contributed by atoms with Gasteiger partial charge in [0.1, 0.15) is 11.6 Å². The minimum Gasteiger partial charge on any atom is -0.305 e. The van der Waals surface area contributed by atoms with Crippen molar-refractivity contribution in [3.8, 4) is 11.4 Å². The van der Waals surface area contributed by atoms with Gasteiger partial charge in [-0.3, -0.25) is 14.9 Å². The number of nitrogens with zero attached hydrogens (tertiary/aromatic N) is 5. The highest BCUT2D eigenvalue weighted by Gasteiger charge is 2.34. The molecule has 1 aliphatic carbocycles. The second-order valence-electron chi connectivity index (χ2n) is 10.1. The molecule has 11 heteroatoms. The Morgan fingerprint density at radius 3 is 2.61 bits per heavy atom. The highest BCUT2D eigenvalue weighted by Crippen LogP contribution is 2.44. The number of rotatable bonds is 5. The molecule has 0 radical (unpaired) electrons. The van der Waals surface area contributed by atoms with Gasteiger partial charge in [0.2, 0.25) is 0 Å². The quantitative estimate of drug-likeness (QED) is 0.252. The number of thiophene rings is 1. The van der Waals surface area contributed by atoms with Crippen LogP contribution in [0.5, 0.6) is 0 Å². The van der Waals surface area contributed by atoms with Gasteiger partial charge >= 0.3 is 5.00 Å². The molecule has 1 aromatic carbocycles. The largest absolute Gasteiger partial charge is 0.324 e. The topological polar surface area (TPSA) is 116 Å². The maximum absolute atomic E-state index is 13.6. The molecule has 1 aliphatic rings. The maximum Gasteiger partial charge on any atom is 0.324 e. The van der Waals surface area contributed by atoms with Gasteiger partial charge in [-0.1, -0.05) is 32.1 Å². The summed E-state index contributed by atoms with van der Waals surface area (Å²) in [5.41, 5.74) is 1.32. The number of fused-ring (bicyclic) bond motifs is 1. The summed E-state index contributed by atoms with van der Waals surface area (Å²) < 4.78 is 15.5. The minimum atomic E-state index is -0.534. The van der Waals surface area contributed by atoms with Crippen molar-refractivity contribution in [2.24, 2.45) is 11.3 Å². The number of anilines is 1. The molecule has 2 atom stereocenters. The van der Waals surface area contributed by atoms with Crippen LogP contribution in [-0.4, -0.2) is 30.6 Å². The second-order valence-corrected chi connectivity index (χ2v) is 11.2. The third-order valence-electron chi connectivity index (χ3n) is 6.49. The fourth-order valence-corrected chi connectivity index (χ4v) is 5.93. The molecular formula is C25H25FN6O3S. The van der Waals surface area contributed by atoms with Crippen LogP contribution in [-0.2, 0) is 0 Å². The van der Waals surface area contributed by atoms with Crippen LogP contribution in [0.2, 0.25) is 0 Å². The maximum atomic E-state index is 13.6. The van der Waals surface area contributed by atoms with Gasteiger partial charge in [-0.15, -0.1) is 0 Å². The van der Waals surface area contributed by atoms with E-state index in [0.29, 0.717) is 28.3 Å². The standard InChI is InChI=1S/C25H25FN6O3S/c1-14-10-17(12-25(2,3)11-14)31-23-18(13-27-31)22(28-21(29-23)15-4-6-16(26)7-5-15)30-24(33)19-8-9-20(36-19)32(34)35/h4-9,13-14,17H,10-12H2,1-3H3,(H,28,29,30,33)/t14-,17-/m1/s1. The number of benzene rings is 1. The Kier molecular flexibility index (Phi) is 6.03. The van der Waals surface area contributed by atoms with E-state index in [2.05, 4.69) is 36.2 Å². The molecule has 1 N–H and O–H groups in total. The Morgan fingerprint density at radius 1 is 1.19 bits per heavy atom. The number of hydrogen-bond donors (Lipinski definition) is 1. The smallest absolute Gasteiger partial charge is 0.305 e. The number of nitrogens with one attached hydrogen (secondary N) is 1. The molecule has 4 aromatic rings. The summed E-state index contributed by atoms with van der Waals surface area (Å²) in [6, 6.07) is 8.65. The summed E-state index contributed by atoms with van der Waals surface area (Å²) in [6.45, 7) is 6.75. The predicted molar refractivity (Wildman–Crippen MR) is 135 cm³/mol. The molecule has 3 heterocycles. The first-order valence-corrected chi connectivity index (χ1v) is 12.5. The molecule has 9 nitrogen and oxygen atoms in total. The minimum absolute atomic E-state index is 0.123. The van der Waals surface area contributed by atoms with Gasteiger partial charge in [-0.25, -0.2) is 19.0 Å². The summed E-state index contributed by atoms with van der Waals surface area (Å²) in [6.07, 6.45) is 4.66. The number of carbonyl (C=O) groups excluding carboxylic acids is 1. The first-order valence-electron chi connectivity index (χ1n) is 11.7. The van der Waals surface area contributed by atoms with Crippen LogP contribution < -0.4 is 5.32 Å². The average molecular weight is 509 g/mol. The lowest BCUT2D eigenvalue weighted by atomic mass is 9.70. The van der Waals surface area contributed by atoms with E-state index in [1.54, 1.807) is 18.3 Å². The molecule has 3 aromatic heterocycles. The van der Waals surface area contributed by atoms with E-state index in [4.69, 9.17) is 4.98 Å². The van der Waals surface area contributed by atoms with Crippen LogP contribution in [0.25, 0.3) is 22.4 Å². The van der Waals surface area contributed by atoms with Crippen molar-refractivity contribution in [2.75, 3.05) is 5.32 Å². The van der Waals surface area contributed by atoms with Crippen molar-refractivity contribution < 1.29 is 14.1 Å².